The Kier molecular flexibility index (Phi) is 10.1. The van der Waals surface area contributed by atoms with E-state index in [-0.39, 0.29) is 13.2 Å². The number of aliphatic imine (C=N–C) groups is 1. The second-order valence-corrected chi connectivity index (χ2v) is 6.85. The zero-order valence-electron chi connectivity index (χ0n) is 16.6. The number of nitrogens with one attached hydrogen (secondary N) is 2. The summed E-state index contributed by atoms with van der Waals surface area (Å²) in [4.78, 5) is 27.3. The average molecular weight is 391 g/mol. The number of nitrogens with two attached hydrogens (primary N) is 1. The van der Waals surface area contributed by atoms with Crippen molar-refractivity contribution in [3.05, 3.63) is 35.9 Å². The molecule has 0 radical (unpaired) electrons. The standard InChI is InChI=1S/C19H29N5O4/c1-19(2,3)28-18(26)22-11-7-10-21-12-16(24-20)13-23-17(25)27-14-15-8-5-4-6-9-15/h4-6,8-9,12H,7,10-11,13-14,20H2,1-3H3,(H,22,26)(H,23,25)/b21-12?,24-16+. The number of rotatable bonds is 9. The molecule has 0 unspecified atom stereocenters. The molecular formula is C19H29N5O4. The van der Waals surface area contributed by atoms with Gasteiger partial charge in [-0.3, -0.25) is 4.99 Å². The van der Waals surface area contributed by atoms with Crippen molar-refractivity contribution in [1.82, 2.24) is 10.6 Å². The number of alkyl carbamates (subject to hydrolysis) is 2. The minimum atomic E-state index is -0.569. The van der Waals surface area contributed by atoms with Gasteiger partial charge in [0.1, 0.15) is 12.2 Å². The number of carbonyl (C=O) groups excluding carboxylic acids is 2. The smallest absolute Gasteiger partial charge is 0.407 e. The Morgan fingerprint density at radius 1 is 1.14 bits per heavy atom. The van der Waals surface area contributed by atoms with Crippen LogP contribution in [0, 0.1) is 0 Å². The summed E-state index contributed by atoms with van der Waals surface area (Å²) in [5.41, 5.74) is 0.771. The molecule has 0 heterocycles. The number of amides is 2. The van der Waals surface area contributed by atoms with E-state index >= 15 is 0 Å². The largest absolute Gasteiger partial charge is 0.445 e. The third kappa shape index (κ3) is 11.5. The zero-order chi connectivity index (χ0) is 20.8. The van der Waals surface area contributed by atoms with Crippen LogP contribution in [0.5, 0.6) is 0 Å². The van der Waals surface area contributed by atoms with Crippen LogP contribution in [0.25, 0.3) is 0 Å². The van der Waals surface area contributed by atoms with Crippen molar-refractivity contribution in [2.24, 2.45) is 15.9 Å². The van der Waals surface area contributed by atoms with Gasteiger partial charge in [-0.1, -0.05) is 30.3 Å². The summed E-state index contributed by atoms with van der Waals surface area (Å²) in [6.07, 6.45) is 1.07. The molecule has 0 fully saturated rings. The van der Waals surface area contributed by atoms with Crippen LogP contribution in [-0.2, 0) is 16.1 Å². The Morgan fingerprint density at radius 2 is 1.86 bits per heavy atom. The van der Waals surface area contributed by atoms with Crippen LogP contribution in [0.15, 0.2) is 40.4 Å². The van der Waals surface area contributed by atoms with Gasteiger partial charge >= 0.3 is 12.2 Å². The van der Waals surface area contributed by atoms with Crippen LogP contribution in [0.4, 0.5) is 9.59 Å². The molecule has 1 aromatic rings. The van der Waals surface area contributed by atoms with Crippen LogP contribution in [-0.4, -0.2) is 49.3 Å². The van der Waals surface area contributed by atoms with Gasteiger partial charge in [0.05, 0.1) is 12.3 Å². The highest BCUT2D eigenvalue weighted by atomic mass is 16.6. The van der Waals surface area contributed by atoms with E-state index in [1.165, 1.54) is 6.21 Å². The van der Waals surface area contributed by atoms with Gasteiger partial charge in [-0.2, -0.15) is 5.10 Å². The van der Waals surface area contributed by atoms with E-state index in [0.717, 1.165) is 5.56 Å². The summed E-state index contributed by atoms with van der Waals surface area (Å²) in [7, 11) is 0. The third-order valence-electron chi connectivity index (χ3n) is 3.16. The summed E-state index contributed by atoms with van der Waals surface area (Å²) in [5.74, 6) is 5.29. The van der Waals surface area contributed by atoms with Crippen molar-refractivity contribution in [1.29, 1.82) is 0 Å². The van der Waals surface area contributed by atoms with Crippen LogP contribution < -0.4 is 16.5 Å². The number of hydrogen-bond acceptors (Lipinski definition) is 7. The molecule has 0 saturated heterocycles. The van der Waals surface area contributed by atoms with Gasteiger partial charge in [-0.05, 0) is 32.8 Å². The summed E-state index contributed by atoms with van der Waals surface area (Å²) in [6.45, 7) is 6.59. The van der Waals surface area contributed by atoms with Crippen LogP contribution >= 0.6 is 0 Å². The fourth-order valence-electron chi connectivity index (χ4n) is 1.91. The maximum atomic E-state index is 11.7. The van der Waals surface area contributed by atoms with Crippen molar-refractivity contribution in [3.8, 4) is 0 Å². The lowest BCUT2D eigenvalue weighted by Gasteiger charge is -2.19. The number of ether oxygens (including phenoxy) is 2. The van der Waals surface area contributed by atoms with Gasteiger partial charge in [0, 0.05) is 19.3 Å². The lowest BCUT2D eigenvalue weighted by atomic mass is 10.2. The van der Waals surface area contributed by atoms with Gasteiger partial charge < -0.3 is 25.9 Å². The molecule has 0 aliphatic carbocycles. The predicted octanol–water partition coefficient (Wildman–Crippen LogP) is 2.21. The Balaban J connectivity index is 2.18. The first-order chi connectivity index (χ1) is 13.3. The molecule has 9 heteroatoms. The zero-order valence-corrected chi connectivity index (χ0v) is 16.6. The average Bonchev–Trinajstić information content (AvgIpc) is 2.64. The fourth-order valence-corrected chi connectivity index (χ4v) is 1.91. The highest BCUT2D eigenvalue weighted by Crippen LogP contribution is 2.06. The summed E-state index contributed by atoms with van der Waals surface area (Å²) in [6, 6.07) is 9.36. The van der Waals surface area contributed by atoms with E-state index in [0.29, 0.717) is 25.2 Å². The predicted molar refractivity (Wildman–Crippen MR) is 108 cm³/mol. The molecular weight excluding hydrogens is 362 g/mol. The van der Waals surface area contributed by atoms with E-state index in [2.05, 4.69) is 20.7 Å². The molecule has 0 spiro atoms. The highest BCUT2D eigenvalue weighted by molar-refractivity contribution is 6.31. The third-order valence-corrected chi connectivity index (χ3v) is 3.16. The van der Waals surface area contributed by atoms with E-state index in [1.807, 2.05) is 30.3 Å². The number of hydrogen-bond donors (Lipinski definition) is 3. The molecule has 0 atom stereocenters. The van der Waals surface area contributed by atoms with E-state index in [1.54, 1.807) is 20.8 Å². The lowest BCUT2D eigenvalue weighted by Crippen LogP contribution is -2.33. The minimum Gasteiger partial charge on any atom is -0.445 e. The number of benzene rings is 1. The van der Waals surface area contributed by atoms with Crippen molar-refractivity contribution in [3.63, 3.8) is 0 Å². The molecule has 0 aliphatic rings. The molecule has 1 aromatic carbocycles. The topological polar surface area (TPSA) is 127 Å². The molecule has 1 rings (SSSR count). The quantitative estimate of drug-likeness (QED) is 0.257. The maximum Gasteiger partial charge on any atom is 0.407 e. The highest BCUT2D eigenvalue weighted by Gasteiger charge is 2.15. The second kappa shape index (κ2) is 12.3. The first-order valence-electron chi connectivity index (χ1n) is 8.98. The normalized spacial score (nSPS) is 11.9. The first-order valence-corrected chi connectivity index (χ1v) is 8.98. The molecule has 0 aromatic heterocycles. The molecule has 4 N–H and O–H groups in total. The van der Waals surface area contributed by atoms with Crippen molar-refractivity contribution < 1.29 is 19.1 Å². The lowest BCUT2D eigenvalue weighted by molar-refractivity contribution is 0.0527. The van der Waals surface area contributed by atoms with Crippen molar-refractivity contribution in [2.45, 2.75) is 39.4 Å². The van der Waals surface area contributed by atoms with Crippen molar-refractivity contribution in [2.75, 3.05) is 19.6 Å². The summed E-state index contributed by atoms with van der Waals surface area (Å²) >= 11 is 0. The number of nitrogens with zero attached hydrogens (tertiary/aromatic N) is 2. The van der Waals surface area contributed by atoms with E-state index < -0.39 is 17.8 Å². The number of carbonyl (C=O) groups is 2. The second-order valence-electron chi connectivity index (χ2n) is 6.85. The summed E-state index contributed by atoms with van der Waals surface area (Å²) in [5, 5.41) is 8.77. The number of hydrazone groups is 1. The SMILES string of the molecule is CC(C)(C)OC(=O)NCCCN=C/C(CNC(=O)OCc1ccccc1)=N\N. The first kappa shape index (κ1) is 22.9. The Hall–Kier alpha value is -3.10. The molecule has 28 heavy (non-hydrogen) atoms. The molecule has 154 valence electrons. The van der Waals surface area contributed by atoms with Gasteiger partial charge in [0.15, 0.2) is 0 Å². The Bertz CT molecular complexity index is 669. The molecule has 0 bridgehead atoms. The maximum absolute atomic E-state index is 11.7. The van der Waals surface area contributed by atoms with Gasteiger partial charge in [0.25, 0.3) is 0 Å². The van der Waals surface area contributed by atoms with E-state index in [9.17, 15) is 9.59 Å². The Morgan fingerprint density at radius 3 is 2.50 bits per heavy atom. The summed E-state index contributed by atoms with van der Waals surface area (Å²) < 4.78 is 10.2. The van der Waals surface area contributed by atoms with Crippen LogP contribution in [0.2, 0.25) is 0 Å². The Labute approximate surface area is 165 Å². The van der Waals surface area contributed by atoms with Gasteiger partial charge in [-0.25, -0.2) is 9.59 Å². The van der Waals surface area contributed by atoms with Gasteiger partial charge in [-0.15, -0.1) is 0 Å². The molecule has 0 saturated carbocycles. The fraction of sp³-hybridized carbons (Fsp3) is 0.474. The molecule has 2 amide bonds. The molecule has 9 nitrogen and oxygen atoms in total. The monoisotopic (exact) mass is 391 g/mol. The minimum absolute atomic E-state index is 0.101. The molecule has 0 aliphatic heterocycles. The van der Waals surface area contributed by atoms with Crippen LogP contribution in [0.1, 0.15) is 32.8 Å². The van der Waals surface area contributed by atoms with Crippen LogP contribution in [0.3, 0.4) is 0 Å². The van der Waals surface area contributed by atoms with Gasteiger partial charge in [0.2, 0.25) is 0 Å². The van der Waals surface area contributed by atoms with Crippen molar-refractivity contribution >= 4 is 24.1 Å². The van der Waals surface area contributed by atoms with E-state index in [4.69, 9.17) is 15.3 Å².